The summed E-state index contributed by atoms with van der Waals surface area (Å²) >= 11 is 0. The second-order valence-electron chi connectivity index (χ2n) is 4.29. The summed E-state index contributed by atoms with van der Waals surface area (Å²) in [5.74, 6) is 0.597. The molecule has 5 nitrogen and oxygen atoms in total. The van der Waals surface area contributed by atoms with E-state index in [0.717, 1.165) is 12.8 Å². The van der Waals surface area contributed by atoms with Gasteiger partial charge in [-0.25, -0.2) is 13.1 Å². The highest BCUT2D eigenvalue weighted by molar-refractivity contribution is 7.89. The van der Waals surface area contributed by atoms with E-state index in [1.54, 1.807) is 6.92 Å². The van der Waals surface area contributed by atoms with Gasteiger partial charge in [0, 0.05) is 6.54 Å². The molecule has 0 atom stereocenters. The van der Waals surface area contributed by atoms with Crippen LogP contribution in [0.4, 0.5) is 0 Å². The quantitative estimate of drug-likeness (QED) is 0.744. The number of rotatable bonds is 6. The number of hydrogen-bond acceptors (Lipinski definition) is 3. The minimum absolute atomic E-state index is 0.233. The Labute approximate surface area is 96.7 Å². The minimum Gasteiger partial charge on any atom is -0.281 e. The van der Waals surface area contributed by atoms with Crippen molar-refractivity contribution in [3.63, 3.8) is 0 Å². The first-order valence-electron chi connectivity index (χ1n) is 5.43. The molecule has 92 valence electrons. The Morgan fingerprint density at radius 2 is 2.19 bits per heavy atom. The van der Waals surface area contributed by atoms with Gasteiger partial charge in [0.15, 0.2) is 0 Å². The molecule has 0 aromatic carbocycles. The number of nitrogens with zero attached hydrogens (tertiary/aromatic N) is 1. The molecule has 1 aromatic heterocycles. The van der Waals surface area contributed by atoms with Gasteiger partial charge in [0.25, 0.3) is 0 Å². The monoisotopic (exact) mass is 245 g/mol. The standard InChI is InChI=1S/C10H19N3O2S/c1-8(2)5-4-6-12-16(14,15)10-7-11-13-9(10)3/h7-8,12H,4-6H2,1-3H3,(H,11,13). The Kier molecular flexibility index (Phi) is 4.49. The smallest absolute Gasteiger partial charge is 0.243 e. The summed E-state index contributed by atoms with van der Waals surface area (Å²) in [6.45, 7) is 6.41. The summed E-state index contributed by atoms with van der Waals surface area (Å²) in [5.41, 5.74) is 0.566. The Morgan fingerprint density at radius 3 is 2.69 bits per heavy atom. The Morgan fingerprint density at radius 1 is 1.50 bits per heavy atom. The van der Waals surface area contributed by atoms with Crippen LogP contribution in [-0.2, 0) is 10.0 Å². The van der Waals surface area contributed by atoms with Crippen LogP contribution in [-0.4, -0.2) is 25.2 Å². The lowest BCUT2D eigenvalue weighted by Crippen LogP contribution is -2.25. The predicted octanol–water partition coefficient (Wildman–Crippen LogP) is 1.43. The fraction of sp³-hybridized carbons (Fsp3) is 0.700. The maximum Gasteiger partial charge on any atom is 0.243 e. The number of aryl methyl sites for hydroxylation is 1. The van der Waals surface area contributed by atoms with Gasteiger partial charge in [0.2, 0.25) is 10.0 Å². The number of aromatic amines is 1. The van der Waals surface area contributed by atoms with Gasteiger partial charge in [-0.15, -0.1) is 0 Å². The van der Waals surface area contributed by atoms with Gasteiger partial charge in [-0.05, 0) is 25.7 Å². The molecule has 0 saturated heterocycles. The highest BCUT2D eigenvalue weighted by Crippen LogP contribution is 2.11. The lowest BCUT2D eigenvalue weighted by Gasteiger charge is -2.06. The van der Waals surface area contributed by atoms with Crippen molar-refractivity contribution in [2.24, 2.45) is 5.92 Å². The summed E-state index contributed by atoms with van der Waals surface area (Å²) in [7, 11) is -3.39. The fourth-order valence-electron chi connectivity index (χ4n) is 1.41. The first-order valence-corrected chi connectivity index (χ1v) is 6.91. The largest absolute Gasteiger partial charge is 0.281 e. The van der Waals surface area contributed by atoms with Crippen LogP contribution in [0.3, 0.4) is 0 Å². The molecule has 0 radical (unpaired) electrons. The number of H-pyrrole nitrogens is 1. The molecule has 6 heteroatoms. The highest BCUT2D eigenvalue weighted by atomic mass is 32.2. The van der Waals surface area contributed by atoms with Crippen LogP contribution in [0.15, 0.2) is 11.1 Å². The van der Waals surface area contributed by atoms with Crippen molar-refractivity contribution in [3.8, 4) is 0 Å². The third-order valence-electron chi connectivity index (χ3n) is 2.32. The summed E-state index contributed by atoms with van der Waals surface area (Å²) in [6, 6.07) is 0. The third-order valence-corrected chi connectivity index (χ3v) is 3.90. The van der Waals surface area contributed by atoms with Crippen molar-refractivity contribution in [3.05, 3.63) is 11.9 Å². The molecular formula is C10H19N3O2S. The molecule has 0 spiro atoms. The number of nitrogens with one attached hydrogen (secondary N) is 2. The molecule has 2 N–H and O–H groups in total. The average molecular weight is 245 g/mol. The molecular weight excluding hydrogens is 226 g/mol. The van der Waals surface area contributed by atoms with Crippen LogP contribution >= 0.6 is 0 Å². The number of sulfonamides is 1. The molecule has 1 rings (SSSR count). The molecule has 16 heavy (non-hydrogen) atoms. The van der Waals surface area contributed by atoms with Gasteiger partial charge >= 0.3 is 0 Å². The Balaban J connectivity index is 2.51. The van der Waals surface area contributed by atoms with Gasteiger partial charge < -0.3 is 0 Å². The van der Waals surface area contributed by atoms with E-state index in [1.807, 2.05) is 0 Å². The average Bonchev–Trinajstić information content (AvgIpc) is 2.59. The normalized spacial score (nSPS) is 12.2. The lowest BCUT2D eigenvalue weighted by atomic mass is 10.1. The molecule has 0 amide bonds. The van der Waals surface area contributed by atoms with Crippen LogP contribution in [0, 0.1) is 12.8 Å². The molecule has 0 aliphatic heterocycles. The third kappa shape index (κ3) is 3.61. The van der Waals surface area contributed by atoms with Crippen molar-refractivity contribution in [1.82, 2.24) is 14.9 Å². The predicted molar refractivity (Wildman–Crippen MR) is 62.6 cm³/mol. The van der Waals surface area contributed by atoms with Gasteiger partial charge in [-0.3, -0.25) is 5.10 Å². The second kappa shape index (κ2) is 5.45. The highest BCUT2D eigenvalue weighted by Gasteiger charge is 2.17. The van der Waals surface area contributed by atoms with Crippen LogP contribution in [0.5, 0.6) is 0 Å². The van der Waals surface area contributed by atoms with E-state index in [4.69, 9.17) is 0 Å². The van der Waals surface area contributed by atoms with Gasteiger partial charge in [-0.2, -0.15) is 5.10 Å². The van der Waals surface area contributed by atoms with Crippen molar-refractivity contribution >= 4 is 10.0 Å². The van der Waals surface area contributed by atoms with Crippen LogP contribution in [0.2, 0.25) is 0 Å². The topological polar surface area (TPSA) is 74.8 Å². The molecule has 0 aliphatic carbocycles. The summed E-state index contributed by atoms with van der Waals surface area (Å²) < 4.78 is 26.1. The van der Waals surface area contributed by atoms with E-state index in [1.165, 1.54) is 6.20 Å². The number of aromatic nitrogens is 2. The maximum atomic E-state index is 11.8. The zero-order chi connectivity index (χ0) is 12.2. The molecule has 1 heterocycles. The molecule has 0 bridgehead atoms. The second-order valence-corrected chi connectivity index (χ2v) is 6.03. The molecule has 1 aromatic rings. The van der Waals surface area contributed by atoms with E-state index in [0.29, 0.717) is 18.2 Å². The van der Waals surface area contributed by atoms with E-state index >= 15 is 0 Å². The van der Waals surface area contributed by atoms with Crippen LogP contribution in [0.1, 0.15) is 32.4 Å². The first kappa shape index (κ1) is 13.2. The van der Waals surface area contributed by atoms with Gasteiger partial charge in [0.1, 0.15) is 4.90 Å². The SMILES string of the molecule is Cc1[nH]ncc1S(=O)(=O)NCCCC(C)C. The first-order chi connectivity index (χ1) is 7.43. The Hall–Kier alpha value is -0.880. The zero-order valence-corrected chi connectivity index (χ0v) is 10.8. The van der Waals surface area contributed by atoms with E-state index in [9.17, 15) is 8.42 Å². The molecule has 0 unspecified atom stereocenters. The van der Waals surface area contributed by atoms with Crippen molar-refractivity contribution in [1.29, 1.82) is 0 Å². The minimum atomic E-state index is -3.39. The van der Waals surface area contributed by atoms with Crippen molar-refractivity contribution < 1.29 is 8.42 Å². The summed E-state index contributed by atoms with van der Waals surface area (Å²) in [5, 5.41) is 6.31. The molecule has 0 fully saturated rings. The van der Waals surface area contributed by atoms with Crippen molar-refractivity contribution in [2.45, 2.75) is 38.5 Å². The van der Waals surface area contributed by atoms with Crippen LogP contribution < -0.4 is 4.72 Å². The summed E-state index contributed by atoms with van der Waals surface area (Å²) in [4.78, 5) is 0.233. The number of hydrogen-bond donors (Lipinski definition) is 2. The van der Waals surface area contributed by atoms with Crippen LogP contribution in [0.25, 0.3) is 0 Å². The molecule has 0 aliphatic rings. The molecule has 0 saturated carbocycles. The summed E-state index contributed by atoms with van der Waals surface area (Å²) in [6.07, 6.45) is 3.21. The van der Waals surface area contributed by atoms with Gasteiger partial charge in [0.05, 0.1) is 11.9 Å². The van der Waals surface area contributed by atoms with E-state index in [2.05, 4.69) is 28.8 Å². The lowest BCUT2D eigenvalue weighted by molar-refractivity contribution is 0.539. The maximum absolute atomic E-state index is 11.8. The van der Waals surface area contributed by atoms with Gasteiger partial charge in [-0.1, -0.05) is 13.8 Å². The van der Waals surface area contributed by atoms with Crippen molar-refractivity contribution in [2.75, 3.05) is 6.54 Å². The zero-order valence-electron chi connectivity index (χ0n) is 9.95. The van der Waals surface area contributed by atoms with E-state index in [-0.39, 0.29) is 4.90 Å². The fourth-order valence-corrected chi connectivity index (χ4v) is 2.61. The Bertz CT molecular complexity index is 423. The van der Waals surface area contributed by atoms with E-state index < -0.39 is 10.0 Å².